The fourth-order valence-electron chi connectivity index (χ4n) is 4.00. The van der Waals surface area contributed by atoms with Crippen LogP contribution in [-0.2, 0) is 26.1 Å². The van der Waals surface area contributed by atoms with Crippen LogP contribution in [0, 0.1) is 0 Å². The summed E-state index contributed by atoms with van der Waals surface area (Å²) in [6.07, 6.45) is 1.58. The average Bonchev–Trinajstić information content (AvgIpc) is 3.05. The van der Waals surface area contributed by atoms with Crippen molar-refractivity contribution in [3.8, 4) is 5.75 Å². The molecule has 0 saturated heterocycles. The van der Waals surface area contributed by atoms with Crippen molar-refractivity contribution in [2.24, 2.45) is 7.05 Å². The predicted molar refractivity (Wildman–Crippen MR) is 112 cm³/mol. The monoisotopic (exact) mass is 415 g/mol. The lowest BCUT2D eigenvalue weighted by Gasteiger charge is -2.18. The van der Waals surface area contributed by atoms with E-state index in [0.717, 1.165) is 27.4 Å². The molecule has 0 aliphatic heterocycles. The summed E-state index contributed by atoms with van der Waals surface area (Å²) < 4.78 is 29.4. The second kappa shape index (κ2) is 9.61. The predicted octanol–water partition coefficient (Wildman–Crippen LogP) is 4.63. The Hall–Kier alpha value is -3.09. The van der Waals surface area contributed by atoms with Crippen LogP contribution in [0.3, 0.4) is 0 Å². The second-order valence-corrected chi connectivity index (χ2v) is 7.16. The van der Waals surface area contributed by atoms with Crippen molar-refractivity contribution in [3.63, 3.8) is 0 Å². The Kier molecular flexibility index (Phi) is 6.92. The number of aromatic nitrogens is 1. The molecule has 0 unspecified atom stereocenters. The van der Waals surface area contributed by atoms with Crippen LogP contribution in [0.5, 0.6) is 5.75 Å². The number of hydrogen-bond acceptors (Lipinski definition) is 5. The van der Waals surface area contributed by atoms with E-state index in [2.05, 4.69) is 4.57 Å². The number of halogens is 1. The maximum absolute atomic E-state index is 12.7. The van der Waals surface area contributed by atoms with Gasteiger partial charge in [0, 0.05) is 41.7 Å². The zero-order valence-corrected chi connectivity index (χ0v) is 17.4. The highest BCUT2D eigenvalue weighted by atomic mass is 19.1. The molecular formula is C23H26FNO5. The topological polar surface area (TPSA) is 66.8 Å². The maximum Gasteiger partial charge on any atom is 0.305 e. The Bertz CT molecular complexity index is 1040. The molecule has 0 spiro atoms. The number of nitrogens with zero attached hydrogens (tertiary/aromatic N) is 1. The summed E-state index contributed by atoms with van der Waals surface area (Å²) in [6.45, 7) is -0.899. The van der Waals surface area contributed by atoms with E-state index in [1.54, 1.807) is 6.07 Å². The van der Waals surface area contributed by atoms with Gasteiger partial charge in [-0.25, -0.2) is 4.39 Å². The normalized spacial score (nSPS) is 11.2. The van der Waals surface area contributed by atoms with E-state index >= 15 is 0 Å². The van der Waals surface area contributed by atoms with Crippen LogP contribution in [0.15, 0.2) is 36.4 Å². The Morgan fingerprint density at radius 2 is 1.67 bits per heavy atom. The number of methoxy groups -OCH3 is 2. The van der Waals surface area contributed by atoms with Gasteiger partial charge in [0.05, 0.1) is 14.2 Å². The van der Waals surface area contributed by atoms with Crippen molar-refractivity contribution in [2.75, 3.05) is 21.1 Å². The van der Waals surface area contributed by atoms with Gasteiger partial charge in [0.2, 0.25) is 6.86 Å². The minimum atomic E-state index is -0.899. The smallest absolute Gasteiger partial charge is 0.305 e. The molecule has 1 heterocycles. The van der Waals surface area contributed by atoms with Crippen molar-refractivity contribution >= 4 is 33.7 Å². The third kappa shape index (κ3) is 4.40. The molecule has 0 bridgehead atoms. The Morgan fingerprint density at radius 1 is 1.00 bits per heavy atom. The fourth-order valence-corrected chi connectivity index (χ4v) is 4.00. The van der Waals surface area contributed by atoms with Crippen molar-refractivity contribution in [3.05, 3.63) is 42.0 Å². The number of benzene rings is 2. The number of ether oxygens (including phenoxy) is 3. The summed E-state index contributed by atoms with van der Waals surface area (Å²) in [5.74, 6) is -0.181. The van der Waals surface area contributed by atoms with Gasteiger partial charge >= 0.3 is 11.9 Å². The lowest BCUT2D eigenvalue weighted by Crippen LogP contribution is -2.09. The van der Waals surface area contributed by atoms with Crippen LogP contribution in [-0.4, -0.2) is 37.6 Å². The van der Waals surface area contributed by atoms with Gasteiger partial charge < -0.3 is 18.8 Å². The number of carbonyl (C=O) groups is 2. The number of hydrogen-bond donors (Lipinski definition) is 0. The van der Waals surface area contributed by atoms with Crippen molar-refractivity contribution in [2.45, 2.75) is 31.6 Å². The quantitative estimate of drug-likeness (QED) is 0.477. The first-order chi connectivity index (χ1) is 14.5. The molecule has 0 radical (unpaired) electrons. The standard InChI is InChI=1S/C23H26FNO5/c1-25-19-10-9-16(30-14-24)13-18(19)23-17(5-4-6-20(23)25)15(7-11-21(26)28-2)8-12-22(27)29-3/h4-6,9-10,13,15H,7-8,11-12,14H2,1-3H3. The summed E-state index contributed by atoms with van der Waals surface area (Å²) in [5.41, 5.74) is 3.03. The number of carbonyl (C=O) groups excluding carboxylic acids is 2. The third-order valence-electron chi connectivity index (χ3n) is 5.54. The van der Waals surface area contributed by atoms with E-state index in [1.807, 2.05) is 37.4 Å². The molecule has 0 N–H and O–H groups in total. The first-order valence-corrected chi connectivity index (χ1v) is 9.83. The zero-order valence-electron chi connectivity index (χ0n) is 17.4. The molecule has 160 valence electrons. The van der Waals surface area contributed by atoms with E-state index in [0.29, 0.717) is 18.6 Å². The van der Waals surface area contributed by atoms with E-state index in [9.17, 15) is 14.0 Å². The molecule has 7 heteroatoms. The second-order valence-electron chi connectivity index (χ2n) is 7.16. The van der Waals surface area contributed by atoms with Crippen molar-refractivity contribution in [1.82, 2.24) is 4.57 Å². The van der Waals surface area contributed by atoms with Crippen LogP contribution in [0.2, 0.25) is 0 Å². The van der Waals surface area contributed by atoms with Gasteiger partial charge in [-0.3, -0.25) is 9.59 Å². The van der Waals surface area contributed by atoms with Gasteiger partial charge in [-0.15, -0.1) is 0 Å². The SMILES string of the molecule is COC(=O)CCC(CCC(=O)OC)c1cccc2c1c1cc(OCF)ccc1n2C. The summed E-state index contributed by atoms with van der Waals surface area (Å²) in [6, 6.07) is 11.5. The summed E-state index contributed by atoms with van der Waals surface area (Å²) >= 11 is 0. The number of rotatable bonds is 9. The maximum atomic E-state index is 12.7. The van der Waals surface area contributed by atoms with Crippen molar-refractivity contribution in [1.29, 1.82) is 0 Å². The van der Waals surface area contributed by atoms with Gasteiger partial charge in [-0.2, -0.15) is 0 Å². The minimum absolute atomic E-state index is 0.0525. The molecule has 3 aromatic rings. The number of esters is 2. The summed E-state index contributed by atoms with van der Waals surface area (Å²) in [7, 11) is 4.70. The van der Waals surface area contributed by atoms with Gasteiger partial charge in [0.25, 0.3) is 0 Å². The van der Waals surface area contributed by atoms with Gasteiger partial charge in [-0.1, -0.05) is 12.1 Å². The molecule has 0 aliphatic rings. The third-order valence-corrected chi connectivity index (χ3v) is 5.54. The highest BCUT2D eigenvalue weighted by Gasteiger charge is 2.21. The molecule has 3 rings (SSSR count). The summed E-state index contributed by atoms with van der Waals surface area (Å²) in [4.78, 5) is 23.5. The Labute approximate surface area is 174 Å². The largest absolute Gasteiger partial charge is 0.469 e. The van der Waals surface area contributed by atoms with Gasteiger partial charge in [-0.05, 0) is 48.6 Å². The van der Waals surface area contributed by atoms with E-state index < -0.39 is 6.86 Å². The minimum Gasteiger partial charge on any atom is -0.469 e. The summed E-state index contributed by atoms with van der Waals surface area (Å²) in [5, 5.41) is 1.95. The zero-order chi connectivity index (χ0) is 21.7. The van der Waals surface area contributed by atoms with Crippen molar-refractivity contribution < 1.29 is 28.2 Å². The van der Waals surface area contributed by atoms with Crippen LogP contribution in [0.1, 0.15) is 37.2 Å². The number of alkyl halides is 1. The van der Waals surface area contributed by atoms with Gasteiger partial charge in [0.1, 0.15) is 5.75 Å². The lowest BCUT2D eigenvalue weighted by molar-refractivity contribution is -0.141. The number of aryl methyl sites for hydroxylation is 1. The lowest BCUT2D eigenvalue weighted by atomic mass is 9.87. The average molecular weight is 415 g/mol. The highest BCUT2D eigenvalue weighted by molar-refractivity contribution is 6.10. The van der Waals surface area contributed by atoms with Crippen LogP contribution in [0.4, 0.5) is 4.39 Å². The molecule has 30 heavy (non-hydrogen) atoms. The van der Waals surface area contributed by atoms with Crippen LogP contribution < -0.4 is 4.74 Å². The molecule has 0 atom stereocenters. The molecule has 0 amide bonds. The molecule has 0 aliphatic carbocycles. The first-order valence-electron chi connectivity index (χ1n) is 9.83. The van der Waals surface area contributed by atoms with E-state index in [1.165, 1.54) is 14.2 Å². The molecular weight excluding hydrogens is 389 g/mol. The number of fused-ring (bicyclic) bond motifs is 3. The first kappa shape index (κ1) is 21.6. The molecule has 0 fully saturated rings. The molecule has 1 aromatic heterocycles. The van der Waals surface area contributed by atoms with Crippen LogP contribution >= 0.6 is 0 Å². The molecule has 6 nitrogen and oxygen atoms in total. The molecule has 2 aromatic carbocycles. The van der Waals surface area contributed by atoms with Crippen LogP contribution in [0.25, 0.3) is 21.8 Å². The van der Waals surface area contributed by atoms with Gasteiger partial charge in [0.15, 0.2) is 0 Å². The fraction of sp³-hybridized carbons (Fsp3) is 0.391. The Morgan fingerprint density at radius 3 is 2.27 bits per heavy atom. The molecule has 0 saturated carbocycles. The highest BCUT2D eigenvalue weighted by Crippen LogP contribution is 2.39. The Balaban J connectivity index is 2.12. The van der Waals surface area contributed by atoms with E-state index in [4.69, 9.17) is 14.2 Å². The van der Waals surface area contributed by atoms with E-state index in [-0.39, 0.29) is 30.7 Å².